The Balaban J connectivity index is 2.70. The van der Waals surface area contributed by atoms with Crippen LogP contribution < -0.4 is 0 Å². The van der Waals surface area contributed by atoms with Crippen LogP contribution in [0.25, 0.3) is 0 Å². The third-order valence-corrected chi connectivity index (χ3v) is 2.91. The molecule has 14 heavy (non-hydrogen) atoms. The zero-order valence-corrected chi connectivity index (χ0v) is 9.41. The van der Waals surface area contributed by atoms with Gasteiger partial charge in [-0.1, -0.05) is 28.1 Å². The number of nitrogens with zero attached hydrogens (tertiary/aromatic N) is 1. The first-order chi connectivity index (χ1) is 6.63. The van der Waals surface area contributed by atoms with E-state index in [2.05, 4.69) is 22.0 Å². The number of alkyl halides is 1. The second-order valence-corrected chi connectivity index (χ2v) is 4.20. The number of Topliss-reactive ketones (excluding diaryl/α,β-unsaturated/α-hetero) is 1. The second-order valence-electron chi connectivity index (χ2n) is 3.09. The minimum atomic E-state index is -0.129. The molecule has 1 aromatic carbocycles. The van der Waals surface area contributed by atoms with Gasteiger partial charge in [-0.05, 0) is 31.0 Å². The largest absolute Gasteiger partial charge is 0.299 e. The van der Waals surface area contributed by atoms with Crippen molar-refractivity contribution in [2.45, 2.75) is 18.2 Å². The van der Waals surface area contributed by atoms with E-state index in [1.165, 1.54) is 0 Å². The molecule has 1 aromatic rings. The molecule has 0 heterocycles. The number of benzene rings is 1. The van der Waals surface area contributed by atoms with Gasteiger partial charge >= 0.3 is 0 Å². The molecule has 1 rings (SSSR count). The predicted octanol–water partition coefficient (Wildman–Crippen LogP) is 2.45. The van der Waals surface area contributed by atoms with Crippen molar-refractivity contribution in [1.29, 1.82) is 5.26 Å². The standard InChI is InChI=1S/C11H10BrNO/c1-8(14)11(12)6-9-2-4-10(7-13)5-3-9/h2-5,11H,6H2,1H3. The van der Waals surface area contributed by atoms with Crippen LogP contribution in [0.15, 0.2) is 24.3 Å². The lowest BCUT2D eigenvalue weighted by Crippen LogP contribution is -2.12. The summed E-state index contributed by atoms with van der Waals surface area (Å²) < 4.78 is 0. The Hall–Kier alpha value is -1.14. The molecule has 0 amide bonds. The van der Waals surface area contributed by atoms with Gasteiger partial charge in [-0.15, -0.1) is 0 Å². The van der Waals surface area contributed by atoms with Gasteiger partial charge < -0.3 is 0 Å². The van der Waals surface area contributed by atoms with Gasteiger partial charge in [0.2, 0.25) is 0 Å². The van der Waals surface area contributed by atoms with Crippen LogP contribution in [-0.4, -0.2) is 10.6 Å². The smallest absolute Gasteiger partial charge is 0.143 e. The summed E-state index contributed by atoms with van der Waals surface area (Å²) in [4.78, 5) is 10.8. The Labute approximate surface area is 91.7 Å². The zero-order valence-electron chi connectivity index (χ0n) is 7.83. The summed E-state index contributed by atoms with van der Waals surface area (Å²) in [6, 6.07) is 9.31. The normalized spacial score (nSPS) is 11.8. The maximum Gasteiger partial charge on any atom is 0.143 e. The monoisotopic (exact) mass is 251 g/mol. The third kappa shape index (κ3) is 2.97. The molecule has 0 bridgehead atoms. The first-order valence-electron chi connectivity index (χ1n) is 4.27. The van der Waals surface area contributed by atoms with Gasteiger partial charge in [0.15, 0.2) is 0 Å². The first kappa shape index (κ1) is 10.9. The molecule has 1 unspecified atom stereocenters. The Morgan fingerprint density at radius 2 is 2.07 bits per heavy atom. The summed E-state index contributed by atoms with van der Waals surface area (Å²) in [7, 11) is 0. The number of carbonyl (C=O) groups excluding carboxylic acids is 1. The fraction of sp³-hybridized carbons (Fsp3) is 0.273. The maximum atomic E-state index is 11.0. The second kappa shape index (κ2) is 4.92. The zero-order chi connectivity index (χ0) is 10.6. The number of hydrogen-bond donors (Lipinski definition) is 0. The SMILES string of the molecule is CC(=O)C(Br)Cc1ccc(C#N)cc1. The Morgan fingerprint density at radius 3 is 2.50 bits per heavy atom. The molecular weight excluding hydrogens is 242 g/mol. The van der Waals surface area contributed by atoms with Crippen LogP contribution in [0.5, 0.6) is 0 Å². The van der Waals surface area contributed by atoms with Crippen molar-refractivity contribution in [2.75, 3.05) is 0 Å². The lowest BCUT2D eigenvalue weighted by atomic mass is 10.1. The summed E-state index contributed by atoms with van der Waals surface area (Å²) in [6.45, 7) is 1.56. The highest BCUT2D eigenvalue weighted by atomic mass is 79.9. The van der Waals surface area contributed by atoms with E-state index < -0.39 is 0 Å². The molecule has 0 saturated heterocycles. The Morgan fingerprint density at radius 1 is 1.50 bits per heavy atom. The molecule has 0 fully saturated rings. The van der Waals surface area contributed by atoms with Gasteiger partial charge in [-0.3, -0.25) is 4.79 Å². The van der Waals surface area contributed by atoms with Gasteiger partial charge in [0.05, 0.1) is 16.5 Å². The minimum absolute atomic E-state index is 0.120. The van der Waals surface area contributed by atoms with Crippen LogP contribution >= 0.6 is 15.9 Å². The minimum Gasteiger partial charge on any atom is -0.299 e. The molecule has 72 valence electrons. The fourth-order valence-electron chi connectivity index (χ4n) is 1.07. The van der Waals surface area contributed by atoms with Crippen LogP contribution in [0, 0.1) is 11.3 Å². The number of hydrogen-bond acceptors (Lipinski definition) is 2. The predicted molar refractivity (Wildman–Crippen MR) is 58.3 cm³/mol. The van der Waals surface area contributed by atoms with Crippen molar-refractivity contribution in [3.8, 4) is 6.07 Å². The average molecular weight is 252 g/mol. The molecule has 3 heteroatoms. The number of rotatable bonds is 3. The van der Waals surface area contributed by atoms with Crippen LogP contribution in [0.1, 0.15) is 18.1 Å². The van der Waals surface area contributed by atoms with Crippen LogP contribution in [-0.2, 0) is 11.2 Å². The maximum absolute atomic E-state index is 11.0. The first-order valence-corrected chi connectivity index (χ1v) is 5.18. The number of halogens is 1. The van der Waals surface area contributed by atoms with Crippen molar-refractivity contribution < 1.29 is 4.79 Å². The quantitative estimate of drug-likeness (QED) is 0.775. The average Bonchev–Trinajstić information content (AvgIpc) is 2.19. The summed E-state index contributed by atoms with van der Waals surface area (Å²) in [6.07, 6.45) is 0.668. The van der Waals surface area contributed by atoms with Gasteiger partial charge in [0, 0.05) is 0 Å². The molecule has 0 aromatic heterocycles. The van der Waals surface area contributed by atoms with Crippen molar-refractivity contribution in [2.24, 2.45) is 0 Å². The van der Waals surface area contributed by atoms with E-state index in [0.717, 1.165) is 5.56 Å². The molecule has 2 nitrogen and oxygen atoms in total. The van der Waals surface area contributed by atoms with Crippen molar-refractivity contribution >= 4 is 21.7 Å². The summed E-state index contributed by atoms with van der Waals surface area (Å²) >= 11 is 3.30. The fourth-order valence-corrected chi connectivity index (χ4v) is 1.44. The van der Waals surface area contributed by atoms with Gasteiger partial charge in [-0.25, -0.2) is 0 Å². The molecule has 0 saturated carbocycles. The van der Waals surface area contributed by atoms with Crippen molar-refractivity contribution in [1.82, 2.24) is 0 Å². The van der Waals surface area contributed by atoms with E-state index in [4.69, 9.17) is 5.26 Å². The van der Waals surface area contributed by atoms with E-state index in [1.54, 1.807) is 19.1 Å². The summed E-state index contributed by atoms with van der Waals surface area (Å²) in [5.74, 6) is 0.120. The summed E-state index contributed by atoms with van der Waals surface area (Å²) in [5.41, 5.74) is 1.70. The Bertz CT molecular complexity index is 364. The lowest BCUT2D eigenvalue weighted by molar-refractivity contribution is -0.116. The van der Waals surface area contributed by atoms with Gasteiger partial charge in [0.25, 0.3) is 0 Å². The van der Waals surface area contributed by atoms with E-state index in [9.17, 15) is 4.79 Å². The third-order valence-electron chi connectivity index (χ3n) is 1.94. The molecule has 0 aliphatic carbocycles. The van der Waals surface area contributed by atoms with E-state index >= 15 is 0 Å². The lowest BCUT2D eigenvalue weighted by Gasteiger charge is -2.05. The number of carbonyl (C=O) groups is 1. The van der Waals surface area contributed by atoms with E-state index in [1.807, 2.05) is 12.1 Å². The van der Waals surface area contributed by atoms with Gasteiger partial charge in [-0.2, -0.15) is 5.26 Å². The molecule has 0 aliphatic rings. The van der Waals surface area contributed by atoms with E-state index in [0.29, 0.717) is 12.0 Å². The van der Waals surface area contributed by atoms with Crippen molar-refractivity contribution in [3.63, 3.8) is 0 Å². The van der Waals surface area contributed by atoms with Crippen molar-refractivity contribution in [3.05, 3.63) is 35.4 Å². The molecule has 0 radical (unpaired) electrons. The van der Waals surface area contributed by atoms with Gasteiger partial charge in [0.1, 0.15) is 5.78 Å². The molecule has 0 spiro atoms. The summed E-state index contributed by atoms with van der Waals surface area (Å²) in [5, 5.41) is 8.59. The van der Waals surface area contributed by atoms with Crippen LogP contribution in [0.2, 0.25) is 0 Å². The topological polar surface area (TPSA) is 40.9 Å². The molecule has 0 N–H and O–H groups in total. The molecule has 0 aliphatic heterocycles. The highest BCUT2D eigenvalue weighted by Crippen LogP contribution is 2.11. The highest BCUT2D eigenvalue weighted by Gasteiger charge is 2.09. The highest BCUT2D eigenvalue weighted by molar-refractivity contribution is 9.10. The van der Waals surface area contributed by atoms with Crippen LogP contribution in [0.3, 0.4) is 0 Å². The van der Waals surface area contributed by atoms with E-state index in [-0.39, 0.29) is 10.6 Å². The molecule has 1 atom stereocenters. The Kier molecular flexibility index (Phi) is 3.84. The molecular formula is C11H10BrNO. The number of nitriles is 1. The number of ketones is 1. The van der Waals surface area contributed by atoms with Crippen LogP contribution in [0.4, 0.5) is 0 Å².